The molecule has 29 atom stereocenters. The van der Waals surface area contributed by atoms with E-state index in [1.807, 2.05) is 39.8 Å². The van der Waals surface area contributed by atoms with Crippen molar-refractivity contribution in [3.05, 3.63) is 68.5 Å². The average Bonchev–Trinajstić information content (AvgIpc) is 1.68. The van der Waals surface area contributed by atoms with Crippen LogP contribution in [0.5, 0.6) is 0 Å². The number of alkyl carbamates (subject to hydrolysis) is 1. The van der Waals surface area contributed by atoms with Gasteiger partial charge in [0.25, 0.3) is 0 Å². The molecule has 10 rings (SSSR count). The van der Waals surface area contributed by atoms with Crippen molar-refractivity contribution in [2.75, 3.05) is 7.11 Å². The van der Waals surface area contributed by atoms with Gasteiger partial charge in [-0.2, -0.15) is 0 Å². The Balaban J connectivity index is 0.904. The topological polar surface area (TPSA) is 332 Å². The van der Waals surface area contributed by atoms with Crippen LogP contribution < -0.4 is 5.32 Å². The SMILES string of the molecule is COC(=O)N[C@H]1[C@@H](C)O[C@@H](O[C@H]2C/C=C(\C)[C@@H]3C=C[C@@H]4C(O[C@H]5C[C@@H](O[C@H]6CCC(O[C@H]7C[C@@H](O)C(O[C@H]8CC[C@@H](O)[C@H](C)O8)[C@H](C)O7)[C@H](C)C6)[C@@H](OC(C)=O)[C@H](C)O5)[C@@H](C)C[C@H](C)[C@H]4[C@]3(C)C(O)=C3C(=O)OC4(CC(C=O)=C[C@H](O)[C@H]4/C=C/2C)C3=O)C[C@]1(C)[N+](=O)[O-]. The Bertz CT molecular complexity index is 2950. The minimum Gasteiger partial charge on any atom is -0.511 e. The molecule has 93 heavy (non-hydrogen) atoms. The Morgan fingerprint density at radius 3 is 2.06 bits per heavy atom. The molecule has 7 fully saturated rings. The van der Waals surface area contributed by atoms with Crippen LogP contribution in [-0.4, -0.2) is 190 Å². The molecule has 2 saturated carbocycles. The summed E-state index contributed by atoms with van der Waals surface area (Å²) in [6.07, 6.45) is -1.15. The van der Waals surface area contributed by atoms with Gasteiger partial charge >= 0.3 is 18.0 Å². The van der Waals surface area contributed by atoms with E-state index in [1.54, 1.807) is 26.8 Å². The van der Waals surface area contributed by atoms with E-state index < -0.39 is 185 Å². The molecule has 5 saturated heterocycles. The Morgan fingerprint density at radius 1 is 0.731 bits per heavy atom. The maximum atomic E-state index is 15.6. The molecule has 5 aliphatic heterocycles. The van der Waals surface area contributed by atoms with Gasteiger partial charge in [-0.05, 0) is 121 Å². The number of hydrogen-bond donors (Lipinski definition) is 5. The van der Waals surface area contributed by atoms with Gasteiger partial charge in [-0.3, -0.25) is 24.5 Å². The van der Waals surface area contributed by atoms with E-state index in [-0.39, 0.29) is 67.3 Å². The minimum atomic E-state index is -2.19. The molecule has 2 bridgehead atoms. The summed E-state index contributed by atoms with van der Waals surface area (Å²) in [6.45, 7) is 21.4. The van der Waals surface area contributed by atoms with Crippen molar-refractivity contribution in [2.24, 2.45) is 46.8 Å². The molecule has 4 unspecified atom stereocenters. The average molecular weight is 1310 g/mol. The fourth-order valence-electron chi connectivity index (χ4n) is 17.4. The smallest absolute Gasteiger partial charge is 0.407 e. The number of amides is 1. The van der Waals surface area contributed by atoms with E-state index in [0.717, 1.165) is 12.7 Å². The van der Waals surface area contributed by atoms with Crippen molar-refractivity contribution in [1.82, 2.24) is 5.32 Å². The lowest BCUT2D eigenvalue weighted by Gasteiger charge is -2.56. The van der Waals surface area contributed by atoms with Gasteiger partial charge in [0.05, 0.1) is 86.6 Å². The Kier molecular flexibility index (Phi) is 21.5. The van der Waals surface area contributed by atoms with Gasteiger partial charge in [0.1, 0.15) is 35.9 Å². The van der Waals surface area contributed by atoms with Gasteiger partial charge in [-0.1, -0.05) is 57.6 Å². The van der Waals surface area contributed by atoms with E-state index in [1.165, 1.54) is 19.9 Å². The van der Waals surface area contributed by atoms with Crippen molar-refractivity contribution in [3.63, 3.8) is 0 Å². The van der Waals surface area contributed by atoms with Crippen molar-refractivity contribution >= 4 is 30.1 Å². The predicted octanol–water partition coefficient (Wildman–Crippen LogP) is 7.02. The number of carbonyl (C=O) groups is 5. The number of rotatable bonds is 14. The van der Waals surface area contributed by atoms with Crippen LogP contribution in [0.4, 0.5) is 4.79 Å². The number of esters is 2. The summed E-state index contributed by atoms with van der Waals surface area (Å²) in [5.74, 6) is -6.27. The summed E-state index contributed by atoms with van der Waals surface area (Å²) in [4.78, 5) is 80.5. The van der Waals surface area contributed by atoms with Crippen molar-refractivity contribution in [1.29, 1.82) is 0 Å². The van der Waals surface area contributed by atoms with Crippen molar-refractivity contribution in [2.45, 2.75) is 282 Å². The number of carbonyl (C=O) groups excluding carboxylic acids is 5. The quantitative estimate of drug-likeness (QED) is 0.0222. The summed E-state index contributed by atoms with van der Waals surface area (Å²) < 4.78 is 75.6. The van der Waals surface area contributed by atoms with Crippen molar-refractivity contribution in [3.8, 4) is 0 Å². The van der Waals surface area contributed by atoms with E-state index in [9.17, 15) is 49.7 Å². The predicted molar refractivity (Wildman–Crippen MR) is 328 cm³/mol. The number of nitro groups is 1. The number of ether oxygens (including phenoxy) is 12. The largest absolute Gasteiger partial charge is 0.511 e. The van der Waals surface area contributed by atoms with E-state index in [2.05, 4.69) is 32.2 Å². The van der Waals surface area contributed by atoms with Gasteiger partial charge in [0, 0.05) is 61.7 Å². The normalized spacial score (nSPS) is 47.4. The summed E-state index contributed by atoms with van der Waals surface area (Å²) in [7, 11) is 1.15. The molecule has 0 radical (unpaired) electrons. The summed E-state index contributed by atoms with van der Waals surface area (Å²) in [5, 5.41) is 62.1. The number of fused-ring (bicyclic) bond motifs is 4. The third-order valence-corrected chi connectivity index (χ3v) is 22.2. The van der Waals surface area contributed by atoms with Crippen LogP contribution in [-0.2, 0) is 76.0 Å². The lowest BCUT2D eigenvalue weighted by molar-refractivity contribution is -0.584. The standard InChI is InChI=1S/C68H98N2O23/c1-31-14-19-49(90-55-29-66(11,70(80)81)61(39(9)86-55)69-65(79)82-13)33(3)24-45-47(74)25-41(30-71)28-68(45)63(77)56(64(78)93-68)62(76)67(12)44(31)17-16-43-57(67)34(4)22-35(5)58(43)92-54-27-51(60(38(8)85-54)87-40(10)72)88-42-15-20-50(32(2)23-42)89-53-26-48(75)59(37(7)84-53)91-52-21-18-46(73)36(6)83-52/h14,16-17,24-25,30,32,34-39,42-55,57-61,73-76H,15,18-23,26-29H2,1-13H3,(H,69,79)/b31-14+,33-24+,62-56?/t32-,34+,35+,36+,37+,38+,39-,42+,43+,44+,45-,46-,47+,48-,49+,50?,51-,52+,53+,54+,55+,57-,58?,59?,60+,61+,66+,67-,68?/m1/s1. The summed E-state index contributed by atoms with van der Waals surface area (Å²) >= 11 is 0. The first-order valence-corrected chi connectivity index (χ1v) is 33.4. The highest BCUT2D eigenvalue weighted by Crippen LogP contribution is 2.61. The number of methoxy groups -OCH3 is 1. The molecule has 10 aliphatic rings. The zero-order chi connectivity index (χ0) is 67.5. The number of allylic oxidation sites excluding steroid dienone is 3. The minimum absolute atomic E-state index is 0.00496. The lowest BCUT2D eigenvalue weighted by atomic mass is 9.49. The Hall–Kier alpha value is -5.03. The molecule has 5 heterocycles. The zero-order valence-corrected chi connectivity index (χ0v) is 55.7. The highest BCUT2D eigenvalue weighted by atomic mass is 16.7. The summed E-state index contributed by atoms with van der Waals surface area (Å²) in [5.41, 5.74) is -4.85. The first kappa shape index (κ1) is 70.8. The Morgan fingerprint density at radius 2 is 1.41 bits per heavy atom. The number of Topliss-reactive ketones (excluding diaryl/α,β-unsaturated/α-hetero) is 1. The number of nitrogens with zero attached hydrogens (tertiary/aromatic N) is 1. The second kappa shape index (κ2) is 28.2. The van der Waals surface area contributed by atoms with Crippen LogP contribution in [0.15, 0.2) is 58.4 Å². The van der Waals surface area contributed by atoms with E-state index >= 15 is 4.79 Å². The number of aliphatic hydroxyl groups is 4. The van der Waals surface area contributed by atoms with Crippen molar-refractivity contribution < 1.29 is 106 Å². The molecule has 5 N–H and O–H groups in total. The highest BCUT2D eigenvalue weighted by Gasteiger charge is 2.65. The molecule has 0 aromatic carbocycles. The maximum absolute atomic E-state index is 15.6. The second-order valence-corrected chi connectivity index (χ2v) is 28.8. The van der Waals surface area contributed by atoms with Gasteiger partial charge in [0.2, 0.25) is 11.3 Å². The maximum Gasteiger partial charge on any atom is 0.407 e. The molecule has 1 spiro atoms. The third kappa shape index (κ3) is 14.0. The number of hydrogen-bond acceptors (Lipinski definition) is 23. The first-order valence-electron chi connectivity index (χ1n) is 33.4. The molecular weight excluding hydrogens is 1210 g/mol. The molecule has 0 aromatic rings. The van der Waals surface area contributed by atoms with E-state index in [4.69, 9.17) is 56.8 Å². The molecule has 25 nitrogen and oxygen atoms in total. The number of nitrogens with one attached hydrogen (secondary N) is 1. The van der Waals surface area contributed by atoms with Crippen LogP contribution in [0.3, 0.4) is 0 Å². The third-order valence-electron chi connectivity index (χ3n) is 22.2. The zero-order valence-electron chi connectivity index (χ0n) is 55.7. The lowest BCUT2D eigenvalue weighted by Crippen LogP contribution is -2.65. The number of aldehydes is 1. The molecule has 518 valence electrons. The van der Waals surface area contributed by atoms with Gasteiger partial charge in [-0.25, -0.2) is 9.59 Å². The highest BCUT2D eigenvalue weighted by molar-refractivity contribution is 6.26. The van der Waals surface area contributed by atoms with Gasteiger partial charge in [0.15, 0.2) is 36.9 Å². The fraction of sp³-hybridized carbons (Fsp3) is 0.779. The monoisotopic (exact) mass is 1310 g/mol. The summed E-state index contributed by atoms with van der Waals surface area (Å²) in [6, 6.07) is -1.12. The van der Waals surface area contributed by atoms with Gasteiger partial charge < -0.3 is 82.6 Å². The van der Waals surface area contributed by atoms with Crippen LogP contribution in [0.1, 0.15) is 154 Å². The van der Waals surface area contributed by atoms with Crippen LogP contribution in [0.2, 0.25) is 0 Å². The van der Waals surface area contributed by atoms with Crippen LogP contribution in [0.25, 0.3) is 0 Å². The first-order chi connectivity index (χ1) is 43.9. The molecular formula is C68H98N2O23. The molecule has 25 heteroatoms. The number of aliphatic hydroxyl groups excluding tert-OH is 4. The van der Waals surface area contributed by atoms with Crippen LogP contribution >= 0.6 is 0 Å². The second-order valence-electron chi connectivity index (χ2n) is 28.8. The van der Waals surface area contributed by atoms with Gasteiger partial charge in [-0.15, -0.1) is 0 Å². The molecule has 0 aromatic heterocycles. The molecule has 5 aliphatic carbocycles. The fourth-order valence-corrected chi connectivity index (χ4v) is 17.4. The van der Waals surface area contributed by atoms with Crippen LogP contribution in [0, 0.1) is 57.0 Å². The Labute approximate surface area is 543 Å². The molecule has 1 amide bonds. The van der Waals surface area contributed by atoms with E-state index in [0.29, 0.717) is 50.4 Å². The number of ketones is 1.